The highest BCUT2D eigenvalue weighted by Gasteiger charge is 2.22. The summed E-state index contributed by atoms with van der Waals surface area (Å²) in [5, 5.41) is 1.92. The first kappa shape index (κ1) is 17.8. The summed E-state index contributed by atoms with van der Waals surface area (Å²) in [6, 6.07) is 10.3. The Morgan fingerprint density at radius 3 is 2.48 bits per heavy atom. The molecular weight excluding hydrogens is 332 g/mol. The first-order valence-electron chi connectivity index (χ1n) is 8.66. The number of piperazine rings is 1. The number of carbonyl (C=O) groups excluding carboxylic acids is 2. The Kier molecular flexibility index (Phi) is 5.66. The molecule has 0 aliphatic carbocycles. The molecule has 1 aromatic heterocycles. The molecule has 0 radical (unpaired) electrons. The zero-order valence-corrected chi connectivity index (χ0v) is 15.6. The maximum Gasteiger partial charge on any atom is 0.227 e. The summed E-state index contributed by atoms with van der Waals surface area (Å²) in [5.41, 5.74) is 3.62. The van der Waals surface area contributed by atoms with Gasteiger partial charge in [-0.2, -0.15) is 0 Å². The van der Waals surface area contributed by atoms with Gasteiger partial charge in [-0.1, -0.05) is 24.3 Å². The monoisotopic (exact) mass is 356 g/mol. The number of aryl methyl sites for hydroxylation is 1. The lowest BCUT2D eigenvalue weighted by Crippen LogP contribution is -2.48. The van der Waals surface area contributed by atoms with E-state index in [0.717, 1.165) is 43.2 Å². The lowest BCUT2D eigenvalue weighted by Gasteiger charge is -2.35. The molecule has 1 fully saturated rings. The van der Waals surface area contributed by atoms with Crippen molar-refractivity contribution in [1.82, 2.24) is 9.80 Å². The number of hydrogen-bond acceptors (Lipinski definition) is 4. The van der Waals surface area contributed by atoms with Gasteiger partial charge in [0.1, 0.15) is 0 Å². The number of rotatable bonds is 5. The molecule has 5 heteroatoms. The van der Waals surface area contributed by atoms with Gasteiger partial charge in [0.05, 0.1) is 11.3 Å². The molecule has 1 saturated heterocycles. The molecule has 1 amide bonds. The van der Waals surface area contributed by atoms with E-state index >= 15 is 0 Å². The minimum absolute atomic E-state index is 0.0634. The Hall–Kier alpha value is -1.98. The van der Waals surface area contributed by atoms with Crippen molar-refractivity contribution in [2.75, 3.05) is 26.2 Å². The van der Waals surface area contributed by atoms with Crippen LogP contribution >= 0.6 is 11.3 Å². The van der Waals surface area contributed by atoms with Crippen LogP contribution in [0.1, 0.15) is 33.3 Å². The van der Waals surface area contributed by atoms with Gasteiger partial charge in [-0.05, 0) is 42.0 Å². The van der Waals surface area contributed by atoms with Gasteiger partial charge in [0.25, 0.3) is 0 Å². The first-order chi connectivity index (χ1) is 12.0. The Morgan fingerprint density at radius 1 is 1.12 bits per heavy atom. The highest BCUT2D eigenvalue weighted by atomic mass is 32.1. The molecule has 2 heterocycles. The molecule has 2 aromatic rings. The maximum atomic E-state index is 12.5. The van der Waals surface area contributed by atoms with Crippen molar-refractivity contribution in [3.05, 3.63) is 57.3 Å². The summed E-state index contributed by atoms with van der Waals surface area (Å²) in [4.78, 5) is 28.9. The number of carbonyl (C=O) groups is 2. The van der Waals surface area contributed by atoms with Crippen LogP contribution in [0.15, 0.2) is 35.7 Å². The normalized spacial score (nSPS) is 15.4. The molecule has 4 nitrogen and oxygen atoms in total. The molecule has 0 atom stereocenters. The van der Waals surface area contributed by atoms with Crippen LogP contribution in [0, 0.1) is 6.92 Å². The third-order valence-electron chi connectivity index (χ3n) is 4.74. The average molecular weight is 356 g/mol. The smallest absolute Gasteiger partial charge is 0.227 e. The quantitative estimate of drug-likeness (QED) is 0.773. The molecule has 0 spiro atoms. The third kappa shape index (κ3) is 4.55. The van der Waals surface area contributed by atoms with E-state index in [0.29, 0.717) is 6.42 Å². The van der Waals surface area contributed by atoms with Crippen molar-refractivity contribution in [3.8, 4) is 0 Å². The van der Waals surface area contributed by atoms with E-state index in [9.17, 15) is 9.59 Å². The molecule has 1 aromatic carbocycles. The summed E-state index contributed by atoms with van der Waals surface area (Å²) in [5.74, 6) is 0.219. The largest absolute Gasteiger partial charge is 0.340 e. The SMILES string of the molecule is CC(=O)c1cc(CC(=O)N2CCN(Cc3ccccc3C)CC2)cs1. The fourth-order valence-electron chi connectivity index (χ4n) is 3.12. The number of amides is 1. The predicted octanol–water partition coefficient (Wildman–Crippen LogP) is 3.15. The zero-order chi connectivity index (χ0) is 17.8. The van der Waals surface area contributed by atoms with E-state index in [1.807, 2.05) is 16.3 Å². The summed E-state index contributed by atoms with van der Waals surface area (Å²) in [6.45, 7) is 8.01. The van der Waals surface area contributed by atoms with E-state index in [2.05, 4.69) is 36.1 Å². The number of hydrogen-bond donors (Lipinski definition) is 0. The topological polar surface area (TPSA) is 40.6 Å². The van der Waals surface area contributed by atoms with E-state index in [4.69, 9.17) is 0 Å². The fourth-order valence-corrected chi connectivity index (χ4v) is 3.94. The van der Waals surface area contributed by atoms with Gasteiger partial charge in [0, 0.05) is 32.7 Å². The molecule has 0 unspecified atom stereocenters. The maximum absolute atomic E-state index is 12.5. The zero-order valence-electron chi connectivity index (χ0n) is 14.8. The number of ketones is 1. The summed E-state index contributed by atoms with van der Waals surface area (Å²) in [7, 11) is 0. The van der Waals surface area contributed by atoms with Gasteiger partial charge in [-0.25, -0.2) is 0 Å². The number of thiophene rings is 1. The van der Waals surface area contributed by atoms with Gasteiger partial charge < -0.3 is 4.90 Å². The van der Waals surface area contributed by atoms with Crippen molar-refractivity contribution >= 4 is 23.0 Å². The van der Waals surface area contributed by atoms with Crippen LogP contribution in [-0.2, 0) is 17.8 Å². The van der Waals surface area contributed by atoms with Crippen molar-refractivity contribution in [2.45, 2.75) is 26.8 Å². The Morgan fingerprint density at radius 2 is 1.84 bits per heavy atom. The molecule has 132 valence electrons. The van der Waals surface area contributed by atoms with Crippen molar-refractivity contribution in [2.24, 2.45) is 0 Å². The van der Waals surface area contributed by atoms with Crippen molar-refractivity contribution < 1.29 is 9.59 Å². The molecule has 1 aliphatic rings. The summed E-state index contributed by atoms with van der Waals surface area (Å²) >= 11 is 1.42. The molecule has 0 N–H and O–H groups in total. The van der Waals surface area contributed by atoms with Crippen LogP contribution in [0.5, 0.6) is 0 Å². The lowest BCUT2D eigenvalue weighted by atomic mass is 10.1. The Bertz CT molecular complexity index is 761. The minimum atomic E-state index is 0.0634. The van der Waals surface area contributed by atoms with Crippen LogP contribution in [0.3, 0.4) is 0 Å². The standard InChI is InChI=1S/C20H24N2O2S/c1-15-5-3-4-6-18(15)13-21-7-9-22(10-8-21)20(24)12-17-11-19(16(2)23)25-14-17/h3-6,11,14H,7-10,12-13H2,1-2H3. The van der Waals surface area contributed by atoms with E-state index in [1.54, 1.807) is 6.92 Å². The van der Waals surface area contributed by atoms with E-state index < -0.39 is 0 Å². The molecule has 0 bridgehead atoms. The van der Waals surface area contributed by atoms with Crippen molar-refractivity contribution in [1.29, 1.82) is 0 Å². The molecule has 3 rings (SSSR count). The summed E-state index contributed by atoms with van der Waals surface area (Å²) in [6.07, 6.45) is 0.390. The van der Waals surface area contributed by atoms with Gasteiger partial charge in [-0.15, -0.1) is 11.3 Å². The average Bonchev–Trinajstić information content (AvgIpc) is 3.06. The van der Waals surface area contributed by atoms with Crippen LogP contribution in [0.4, 0.5) is 0 Å². The molecule has 25 heavy (non-hydrogen) atoms. The minimum Gasteiger partial charge on any atom is -0.340 e. The number of benzene rings is 1. The third-order valence-corrected chi connectivity index (χ3v) is 5.82. The number of Topliss-reactive ketones (excluding diaryl/α,β-unsaturated/α-hetero) is 1. The second kappa shape index (κ2) is 7.93. The second-order valence-electron chi connectivity index (χ2n) is 6.64. The van der Waals surface area contributed by atoms with Crippen molar-refractivity contribution in [3.63, 3.8) is 0 Å². The highest BCUT2D eigenvalue weighted by Crippen LogP contribution is 2.17. The van der Waals surface area contributed by atoms with Crippen LogP contribution in [-0.4, -0.2) is 47.7 Å². The molecule has 1 aliphatic heterocycles. The van der Waals surface area contributed by atoms with Crippen LogP contribution < -0.4 is 0 Å². The summed E-state index contributed by atoms with van der Waals surface area (Å²) < 4.78 is 0. The lowest BCUT2D eigenvalue weighted by molar-refractivity contribution is -0.132. The van der Waals surface area contributed by atoms with Gasteiger partial charge in [0.15, 0.2) is 5.78 Å². The van der Waals surface area contributed by atoms with Gasteiger partial charge >= 0.3 is 0 Å². The van der Waals surface area contributed by atoms with Crippen LogP contribution in [0.2, 0.25) is 0 Å². The first-order valence-corrected chi connectivity index (χ1v) is 9.54. The predicted molar refractivity (Wildman–Crippen MR) is 101 cm³/mol. The Balaban J connectivity index is 1.50. The molecular formula is C20H24N2O2S. The van der Waals surface area contributed by atoms with Crippen LogP contribution in [0.25, 0.3) is 0 Å². The highest BCUT2D eigenvalue weighted by molar-refractivity contribution is 7.12. The second-order valence-corrected chi connectivity index (χ2v) is 7.55. The number of nitrogens with zero attached hydrogens (tertiary/aromatic N) is 2. The molecule has 0 saturated carbocycles. The van der Waals surface area contributed by atoms with E-state index in [1.165, 1.54) is 22.5 Å². The fraction of sp³-hybridized carbons (Fsp3) is 0.400. The Labute approximate surface area is 153 Å². The van der Waals surface area contributed by atoms with E-state index in [-0.39, 0.29) is 11.7 Å². The van der Waals surface area contributed by atoms with Gasteiger partial charge in [0.2, 0.25) is 5.91 Å². The van der Waals surface area contributed by atoms with Gasteiger partial charge in [-0.3, -0.25) is 14.5 Å².